The predicted octanol–water partition coefficient (Wildman–Crippen LogP) is 5.06. The Hall–Kier alpha value is -3.07. The maximum absolute atomic E-state index is 12.5. The van der Waals surface area contributed by atoms with Crippen LogP contribution in [0.25, 0.3) is 11.1 Å². The van der Waals surface area contributed by atoms with E-state index < -0.39 is 0 Å². The van der Waals surface area contributed by atoms with E-state index in [1.54, 1.807) is 18.1 Å². The third kappa shape index (κ3) is 3.46. The number of benzene rings is 2. The molecule has 0 atom stereocenters. The first-order valence-corrected chi connectivity index (χ1v) is 7.80. The number of carbonyl (C=O) groups is 1. The first-order valence-electron chi connectivity index (χ1n) is 7.80. The third-order valence-corrected chi connectivity index (χ3v) is 3.75. The summed E-state index contributed by atoms with van der Waals surface area (Å²) in [7, 11) is 0. The van der Waals surface area contributed by atoms with Crippen LogP contribution in [0.5, 0.6) is 0 Å². The predicted molar refractivity (Wildman–Crippen MR) is 96.6 cm³/mol. The Morgan fingerprint density at radius 1 is 1.00 bits per heavy atom. The molecule has 0 aliphatic rings. The van der Waals surface area contributed by atoms with Gasteiger partial charge < -0.3 is 9.32 Å². The van der Waals surface area contributed by atoms with Gasteiger partial charge in [0.25, 0.3) is 5.91 Å². The lowest BCUT2D eigenvalue weighted by atomic mass is 10.1. The highest BCUT2D eigenvalue weighted by Gasteiger charge is 2.18. The van der Waals surface area contributed by atoms with E-state index in [0.717, 1.165) is 22.6 Å². The number of para-hydroxylation sites is 1. The van der Waals surface area contributed by atoms with Crippen molar-refractivity contribution < 1.29 is 9.21 Å². The molecule has 0 aliphatic heterocycles. The van der Waals surface area contributed by atoms with Gasteiger partial charge in [-0.25, -0.2) is 0 Å². The average molecular weight is 317 g/mol. The molecule has 1 heterocycles. The van der Waals surface area contributed by atoms with E-state index in [4.69, 9.17) is 4.42 Å². The number of furan rings is 1. The Kier molecular flexibility index (Phi) is 4.62. The van der Waals surface area contributed by atoms with Gasteiger partial charge in [0.2, 0.25) is 0 Å². The van der Waals surface area contributed by atoms with Gasteiger partial charge in [-0.1, -0.05) is 55.1 Å². The highest BCUT2D eigenvalue weighted by Crippen LogP contribution is 2.25. The van der Waals surface area contributed by atoms with Gasteiger partial charge in [0.1, 0.15) is 5.76 Å². The van der Waals surface area contributed by atoms with Crippen molar-refractivity contribution in [1.82, 2.24) is 0 Å². The largest absolute Gasteiger partial charge is 0.467 e. The minimum atomic E-state index is -0.112. The van der Waals surface area contributed by atoms with Gasteiger partial charge in [-0.2, -0.15) is 0 Å². The van der Waals surface area contributed by atoms with Gasteiger partial charge in [-0.05, 0) is 30.7 Å². The lowest BCUT2D eigenvalue weighted by Crippen LogP contribution is -2.30. The molecule has 0 saturated carbocycles. The molecule has 2 aromatic carbocycles. The van der Waals surface area contributed by atoms with Crippen LogP contribution in [0.1, 0.15) is 12.7 Å². The molecule has 3 heteroatoms. The lowest BCUT2D eigenvalue weighted by Gasteiger charge is -2.21. The van der Waals surface area contributed by atoms with Crippen LogP contribution in [0.2, 0.25) is 0 Å². The maximum Gasteiger partial charge on any atom is 0.253 e. The fourth-order valence-electron chi connectivity index (χ4n) is 2.52. The quantitative estimate of drug-likeness (QED) is 0.617. The Balaban J connectivity index is 1.87. The van der Waals surface area contributed by atoms with Crippen LogP contribution in [-0.4, -0.2) is 5.91 Å². The zero-order valence-corrected chi connectivity index (χ0v) is 13.6. The Morgan fingerprint density at radius 2 is 1.62 bits per heavy atom. The van der Waals surface area contributed by atoms with E-state index in [2.05, 4.69) is 6.58 Å². The van der Waals surface area contributed by atoms with Crippen molar-refractivity contribution in [3.05, 3.63) is 90.9 Å². The summed E-state index contributed by atoms with van der Waals surface area (Å²) < 4.78 is 5.68. The third-order valence-electron chi connectivity index (χ3n) is 3.75. The van der Waals surface area contributed by atoms with Gasteiger partial charge >= 0.3 is 0 Å². The van der Waals surface area contributed by atoms with Crippen molar-refractivity contribution >= 4 is 11.6 Å². The molecule has 0 N–H and O–H groups in total. The normalized spacial score (nSPS) is 10.4. The van der Waals surface area contributed by atoms with Crippen molar-refractivity contribution in [2.45, 2.75) is 13.5 Å². The highest BCUT2D eigenvalue weighted by molar-refractivity contribution is 6.04. The molecule has 0 bridgehead atoms. The number of carbonyl (C=O) groups excluding carboxylic acids is 1. The van der Waals surface area contributed by atoms with Crippen LogP contribution >= 0.6 is 0 Å². The van der Waals surface area contributed by atoms with Crippen molar-refractivity contribution in [3.8, 4) is 11.1 Å². The van der Waals surface area contributed by atoms with Crippen LogP contribution in [-0.2, 0) is 11.3 Å². The Bertz CT molecular complexity index is 835. The molecule has 0 unspecified atom stereocenters. The van der Waals surface area contributed by atoms with Crippen molar-refractivity contribution in [2.24, 2.45) is 0 Å². The highest BCUT2D eigenvalue weighted by atomic mass is 16.3. The standard InChI is InChI=1S/C21H19NO2/c1-16(2)21(23)22(19-11-7-4-8-12-19)14-20-13-18(15-24-20)17-9-5-3-6-10-17/h3-13,15H,1,14H2,2H3. The fourth-order valence-corrected chi connectivity index (χ4v) is 2.52. The molecule has 3 rings (SSSR count). The number of anilines is 1. The molecular weight excluding hydrogens is 298 g/mol. The van der Waals surface area contributed by atoms with Crippen LogP contribution in [0.15, 0.2) is 89.6 Å². The van der Waals surface area contributed by atoms with Crippen LogP contribution in [0, 0.1) is 0 Å². The summed E-state index contributed by atoms with van der Waals surface area (Å²) >= 11 is 0. The zero-order chi connectivity index (χ0) is 16.9. The Labute approximate surface area is 141 Å². The first-order chi connectivity index (χ1) is 11.6. The van der Waals surface area contributed by atoms with E-state index in [0.29, 0.717) is 12.1 Å². The molecule has 0 fully saturated rings. The summed E-state index contributed by atoms with van der Waals surface area (Å²) in [5, 5.41) is 0. The summed E-state index contributed by atoms with van der Waals surface area (Å²) in [4.78, 5) is 14.2. The van der Waals surface area contributed by atoms with Crippen molar-refractivity contribution in [3.63, 3.8) is 0 Å². The van der Waals surface area contributed by atoms with Crippen molar-refractivity contribution in [1.29, 1.82) is 0 Å². The van der Waals surface area contributed by atoms with Gasteiger partial charge in [-0.15, -0.1) is 0 Å². The van der Waals surface area contributed by atoms with Gasteiger partial charge in [0.15, 0.2) is 0 Å². The topological polar surface area (TPSA) is 33.5 Å². The number of rotatable bonds is 5. The summed E-state index contributed by atoms with van der Waals surface area (Å²) in [6.07, 6.45) is 1.72. The average Bonchev–Trinajstić information content (AvgIpc) is 3.09. The number of hydrogen-bond donors (Lipinski definition) is 0. The van der Waals surface area contributed by atoms with Crippen LogP contribution in [0.3, 0.4) is 0 Å². The molecule has 24 heavy (non-hydrogen) atoms. The second-order valence-corrected chi connectivity index (χ2v) is 5.67. The molecule has 120 valence electrons. The van der Waals surface area contributed by atoms with E-state index in [1.807, 2.05) is 66.7 Å². The Morgan fingerprint density at radius 3 is 2.25 bits per heavy atom. The molecule has 3 aromatic rings. The molecule has 0 saturated heterocycles. The van der Waals surface area contributed by atoms with Gasteiger partial charge in [-0.3, -0.25) is 4.79 Å². The minimum Gasteiger partial charge on any atom is -0.467 e. The first kappa shape index (κ1) is 15.8. The van der Waals surface area contributed by atoms with Crippen LogP contribution < -0.4 is 4.90 Å². The molecule has 1 amide bonds. The van der Waals surface area contributed by atoms with E-state index in [9.17, 15) is 4.79 Å². The number of nitrogens with zero attached hydrogens (tertiary/aromatic N) is 1. The van der Waals surface area contributed by atoms with Crippen molar-refractivity contribution in [2.75, 3.05) is 4.90 Å². The maximum atomic E-state index is 12.5. The molecule has 1 aromatic heterocycles. The summed E-state index contributed by atoms with van der Waals surface area (Å²) in [6, 6.07) is 21.5. The number of amides is 1. The molecule has 3 nitrogen and oxygen atoms in total. The van der Waals surface area contributed by atoms with Crippen LogP contribution in [0.4, 0.5) is 5.69 Å². The lowest BCUT2D eigenvalue weighted by molar-refractivity contribution is -0.115. The molecule has 0 aliphatic carbocycles. The molecule has 0 radical (unpaired) electrons. The second-order valence-electron chi connectivity index (χ2n) is 5.67. The van der Waals surface area contributed by atoms with E-state index in [-0.39, 0.29) is 5.91 Å². The van der Waals surface area contributed by atoms with Gasteiger partial charge in [0, 0.05) is 16.8 Å². The molecular formula is C21H19NO2. The van der Waals surface area contributed by atoms with Gasteiger partial charge in [0.05, 0.1) is 12.8 Å². The summed E-state index contributed by atoms with van der Waals surface area (Å²) in [5.41, 5.74) is 3.41. The van der Waals surface area contributed by atoms with E-state index >= 15 is 0 Å². The fraction of sp³-hybridized carbons (Fsp3) is 0.0952. The second kappa shape index (κ2) is 7.01. The zero-order valence-electron chi connectivity index (χ0n) is 13.6. The number of hydrogen-bond acceptors (Lipinski definition) is 2. The monoisotopic (exact) mass is 317 g/mol. The summed E-state index contributed by atoms with van der Waals surface area (Å²) in [5.74, 6) is 0.617. The SMILES string of the molecule is C=C(C)C(=O)N(Cc1cc(-c2ccccc2)co1)c1ccccc1. The summed E-state index contributed by atoms with van der Waals surface area (Å²) in [6.45, 7) is 5.86. The molecule has 0 spiro atoms. The smallest absolute Gasteiger partial charge is 0.253 e. The minimum absolute atomic E-state index is 0.112. The van der Waals surface area contributed by atoms with E-state index in [1.165, 1.54) is 0 Å².